The maximum Gasteiger partial charge on any atom is 0.0853 e. The molecule has 0 radical (unpaired) electrons. The van der Waals surface area contributed by atoms with Gasteiger partial charge in [-0.25, -0.2) is 0 Å². The van der Waals surface area contributed by atoms with E-state index in [1.165, 1.54) is 0 Å². The Labute approximate surface area is 236 Å². The monoisotopic (exact) mass is 538 g/mol. The summed E-state index contributed by atoms with van der Waals surface area (Å²) in [4.78, 5) is 14.6. The number of nitrogens with zero attached hydrogens (tertiary/aromatic N) is 4. The number of fused-ring (bicyclic) bond motifs is 2. The van der Waals surface area contributed by atoms with Gasteiger partial charge in [0.1, 0.15) is 0 Å². The van der Waals surface area contributed by atoms with Gasteiger partial charge < -0.3 is 20.2 Å². The van der Waals surface area contributed by atoms with Crippen molar-refractivity contribution in [3.8, 4) is 0 Å². The molecule has 0 aliphatic carbocycles. The van der Waals surface area contributed by atoms with Crippen molar-refractivity contribution < 1.29 is 15.3 Å². The van der Waals surface area contributed by atoms with Crippen molar-refractivity contribution in [2.24, 2.45) is 0 Å². The van der Waals surface area contributed by atoms with Crippen LogP contribution in [0.25, 0.3) is 34.0 Å². The van der Waals surface area contributed by atoms with Crippen LogP contribution in [0.2, 0.25) is 0 Å². The number of aliphatic hydroxyl groups is 3. The van der Waals surface area contributed by atoms with E-state index in [0.29, 0.717) is 17.1 Å². The first-order valence-corrected chi connectivity index (χ1v) is 12.7. The first kappa shape index (κ1) is 31.9. The Kier molecular flexibility index (Phi) is 13.9. The molecule has 3 heterocycles. The second kappa shape index (κ2) is 17.3. The summed E-state index contributed by atoms with van der Waals surface area (Å²) in [6, 6.07) is 27.0. The van der Waals surface area contributed by atoms with Gasteiger partial charge in [0.15, 0.2) is 0 Å². The Balaban J connectivity index is 0.000000197. The van der Waals surface area contributed by atoms with E-state index in [4.69, 9.17) is 15.3 Å². The zero-order valence-electron chi connectivity index (χ0n) is 23.4. The average Bonchev–Trinajstić information content (AvgIpc) is 3.00. The van der Waals surface area contributed by atoms with Gasteiger partial charge in [0.25, 0.3) is 0 Å². The summed E-state index contributed by atoms with van der Waals surface area (Å²) in [7, 11) is 6.00. The summed E-state index contributed by atoms with van der Waals surface area (Å²) in [5, 5.41) is 28.7. The largest absolute Gasteiger partial charge is 0.390 e. The summed E-state index contributed by atoms with van der Waals surface area (Å²) in [6.45, 7) is 7.23. The average molecular weight is 539 g/mol. The number of hydrogen-bond donors (Lipinski definition) is 3. The van der Waals surface area contributed by atoms with Crippen LogP contribution in [0, 0.1) is 0 Å². The lowest BCUT2D eigenvalue weighted by molar-refractivity contribution is 0.276. The maximum absolute atomic E-state index is 8.83. The van der Waals surface area contributed by atoms with E-state index in [1.54, 1.807) is 18.2 Å². The zero-order chi connectivity index (χ0) is 29.3. The maximum atomic E-state index is 8.83. The molecule has 7 heteroatoms. The SMILES string of the molecule is C=Cc1ccc(CO)nc1C=C.CN(C)C.OCc1ccc2ccccc2n1.OCc1ccc2ccccc2n1. The van der Waals surface area contributed by atoms with E-state index < -0.39 is 0 Å². The van der Waals surface area contributed by atoms with Gasteiger partial charge in [0.2, 0.25) is 0 Å². The number of rotatable bonds is 5. The molecule has 0 spiro atoms. The highest BCUT2D eigenvalue weighted by Gasteiger charge is 1.98. The smallest absolute Gasteiger partial charge is 0.0853 e. The quantitative estimate of drug-likeness (QED) is 0.272. The van der Waals surface area contributed by atoms with Crippen molar-refractivity contribution in [3.63, 3.8) is 0 Å². The number of aromatic nitrogens is 3. The number of benzene rings is 2. The van der Waals surface area contributed by atoms with Crippen LogP contribution in [0.3, 0.4) is 0 Å². The van der Waals surface area contributed by atoms with Crippen molar-refractivity contribution >= 4 is 34.0 Å². The molecule has 3 aromatic heterocycles. The number of pyridine rings is 3. The van der Waals surface area contributed by atoms with E-state index in [9.17, 15) is 0 Å². The molecule has 2 aromatic carbocycles. The van der Waals surface area contributed by atoms with Gasteiger partial charge in [-0.1, -0.05) is 73.8 Å². The molecule has 7 nitrogen and oxygen atoms in total. The lowest BCUT2D eigenvalue weighted by Gasteiger charge is -2.01. The molecule has 0 unspecified atom stereocenters. The molecule has 5 rings (SSSR count). The van der Waals surface area contributed by atoms with E-state index in [0.717, 1.165) is 33.1 Å². The third-order valence-electron chi connectivity index (χ3n) is 5.23. The van der Waals surface area contributed by atoms with E-state index in [2.05, 4.69) is 28.1 Å². The van der Waals surface area contributed by atoms with E-state index in [1.807, 2.05) is 105 Å². The van der Waals surface area contributed by atoms with Crippen LogP contribution in [0.1, 0.15) is 28.3 Å². The van der Waals surface area contributed by atoms with Gasteiger partial charge in [-0.3, -0.25) is 15.0 Å². The Hall–Kier alpha value is -4.27. The summed E-state index contributed by atoms with van der Waals surface area (Å²) < 4.78 is 0. The van der Waals surface area contributed by atoms with Crippen molar-refractivity contribution in [2.45, 2.75) is 19.8 Å². The predicted molar refractivity (Wildman–Crippen MR) is 165 cm³/mol. The van der Waals surface area contributed by atoms with Crippen molar-refractivity contribution in [1.29, 1.82) is 0 Å². The molecule has 0 amide bonds. The molecule has 0 aliphatic rings. The Morgan fingerprint density at radius 3 is 1.38 bits per heavy atom. The van der Waals surface area contributed by atoms with Gasteiger partial charge in [-0.05, 0) is 63.1 Å². The topological polar surface area (TPSA) is 103 Å². The first-order valence-electron chi connectivity index (χ1n) is 12.7. The second-order valence-corrected chi connectivity index (χ2v) is 8.99. The Morgan fingerprint density at radius 1 is 0.575 bits per heavy atom. The highest BCUT2D eigenvalue weighted by molar-refractivity contribution is 5.79. The standard InChI is InChI=1S/2C10H9NO.C10H11NO.C3H9N/c2*12-7-9-6-5-8-3-1-2-4-10(8)11-9;1-3-8-5-6-9(7-12)11-10(8)4-2;1-4(2)3/h2*1-6,12H,7H2;3-6,12H,1-2,7H2;1-3H3. The molecule has 0 aliphatic heterocycles. The molecule has 3 N–H and O–H groups in total. The molecule has 0 saturated heterocycles. The minimum absolute atomic E-state index is 0.00480. The van der Waals surface area contributed by atoms with E-state index in [-0.39, 0.29) is 19.8 Å². The van der Waals surface area contributed by atoms with Crippen LogP contribution in [0.15, 0.2) is 98.1 Å². The molecule has 0 bridgehead atoms. The first-order chi connectivity index (χ1) is 19.3. The fraction of sp³-hybridized carbons (Fsp3) is 0.182. The third kappa shape index (κ3) is 10.5. The lowest BCUT2D eigenvalue weighted by atomic mass is 10.1. The van der Waals surface area contributed by atoms with Gasteiger partial charge in [0, 0.05) is 10.8 Å². The van der Waals surface area contributed by atoms with Crippen molar-refractivity contribution in [1.82, 2.24) is 19.9 Å². The molecule has 0 fully saturated rings. The van der Waals surface area contributed by atoms with Gasteiger partial charge in [-0.2, -0.15) is 0 Å². The van der Waals surface area contributed by atoms with Crippen molar-refractivity contribution in [3.05, 3.63) is 126 Å². The normalized spacial score (nSPS) is 9.97. The van der Waals surface area contributed by atoms with Crippen LogP contribution < -0.4 is 0 Å². The van der Waals surface area contributed by atoms with Crippen LogP contribution in [0.5, 0.6) is 0 Å². The Bertz CT molecular complexity index is 1420. The molecule has 5 aromatic rings. The van der Waals surface area contributed by atoms with Crippen LogP contribution in [-0.4, -0.2) is 56.3 Å². The lowest BCUT2D eigenvalue weighted by Crippen LogP contribution is -1.99. The van der Waals surface area contributed by atoms with Crippen LogP contribution in [-0.2, 0) is 19.8 Å². The second-order valence-electron chi connectivity index (χ2n) is 8.99. The van der Waals surface area contributed by atoms with Crippen molar-refractivity contribution in [2.75, 3.05) is 21.1 Å². The van der Waals surface area contributed by atoms with Crippen LogP contribution >= 0.6 is 0 Å². The van der Waals surface area contributed by atoms with Crippen LogP contribution in [0.4, 0.5) is 0 Å². The molecular formula is C33H38N4O3. The molecular weight excluding hydrogens is 500 g/mol. The number of aliphatic hydroxyl groups excluding tert-OH is 3. The molecule has 0 atom stereocenters. The summed E-state index contributed by atoms with van der Waals surface area (Å²) >= 11 is 0. The highest BCUT2D eigenvalue weighted by atomic mass is 16.3. The van der Waals surface area contributed by atoms with E-state index >= 15 is 0 Å². The summed E-state index contributed by atoms with van der Waals surface area (Å²) in [6.07, 6.45) is 3.36. The summed E-state index contributed by atoms with van der Waals surface area (Å²) in [5.74, 6) is 0. The van der Waals surface area contributed by atoms with Gasteiger partial charge >= 0.3 is 0 Å². The number of para-hydroxylation sites is 2. The summed E-state index contributed by atoms with van der Waals surface area (Å²) in [5.41, 5.74) is 5.64. The minimum Gasteiger partial charge on any atom is -0.390 e. The Morgan fingerprint density at radius 2 is 0.975 bits per heavy atom. The fourth-order valence-electron chi connectivity index (χ4n) is 3.34. The highest BCUT2D eigenvalue weighted by Crippen LogP contribution is 2.12. The van der Waals surface area contributed by atoms with Gasteiger partial charge in [-0.15, -0.1) is 0 Å². The third-order valence-corrected chi connectivity index (χ3v) is 5.23. The minimum atomic E-state index is -0.0434. The van der Waals surface area contributed by atoms with Gasteiger partial charge in [0.05, 0.1) is 53.6 Å². The molecule has 0 saturated carbocycles. The fourth-order valence-corrected chi connectivity index (χ4v) is 3.34. The molecule has 40 heavy (non-hydrogen) atoms. The predicted octanol–water partition coefficient (Wildman–Crippen LogP) is 5.49. The zero-order valence-corrected chi connectivity index (χ0v) is 23.4. The number of hydrogen-bond acceptors (Lipinski definition) is 7. The molecule has 208 valence electrons.